The number of aromatic amines is 1. The largest absolute Gasteiger partial charge is 0.481 e. The fraction of sp³-hybridized carbons (Fsp3) is 0.333. The lowest BCUT2D eigenvalue weighted by atomic mass is 10.0. The minimum atomic E-state index is -5.11. The van der Waals surface area contributed by atoms with Crippen molar-refractivity contribution < 1.29 is 31.9 Å². The van der Waals surface area contributed by atoms with Crippen LogP contribution < -0.4 is 5.56 Å². The van der Waals surface area contributed by atoms with Gasteiger partial charge in [-0.15, -0.1) is 0 Å². The molecule has 0 spiro atoms. The molecule has 0 aliphatic heterocycles. The number of hydrogen-bond donors (Lipinski definition) is 2. The van der Waals surface area contributed by atoms with Crippen LogP contribution in [0.4, 0.5) is 22.0 Å². The number of pyridine rings is 1. The van der Waals surface area contributed by atoms with Crippen molar-refractivity contribution in [1.29, 1.82) is 0 Å². The average Bonchev–Trinajstić information content (AvgIpc) is 2.17. The topological polar surface area (TPSA) is 70.2 Å². The molecule has 1 aromatic rings. The van der Waals surface area contributed by atoms with Crippen molar-refractivity contribution in [2.24, 2.45) is 0 Å². The summed E-state index contributed by atoms with van der Waals surface area (Å²) in [7, 11) is 0. The molecule has 0 unspecified atom stereocenters. The van der Waals surface area contributed by atoms with Crippen molar-refractivity contribution in [3.63, 3.8) is 0 Å². The maximum atomic E-state index is 12.6. The maximum absolute atomic E-state index is 12.6. The predicted molar refractivity (Wildman–Crippen MR) is 48.4 cm³/mol. The molecule has 0 aliphatic carbocycles. The Morgan fingerprint density at radius 2 is 1.94 bits per heavy atom. The summed E-state index contributed by atoms with van der Waals surface area (Å²) in [6.07, 6.45) is -9.81. The van der Waals surface area contributed by atoms with Gasteiger partial charge >= 0.3 is 12.1 Å². The highest BCUT2D eigenvalue weighted by Crippen LogP contribution is 2.36. The van der Waals surface area contributed by atoms with E-state index in [1.165, 1.54) is 0 Å². The molecule has 1 rings (SSSR count). The van der Waals surface area contributed by atoms with Crippen LogP contribution in [0.15, 0.2) is 11.0 Å². The minimum Gasteiger partial charge on any atom is -0.481 e. The Bertz CT molecular complexity index is 520. The summed E-state index contributed by atoms with van der Waals surface area (Å²) in [4.78, 5) is 23.1. The van der Waals surface area contributed by atoms with Gasteiger partial charge in [-0.2, -0.15) is 13.2 Å². The molecule has 0 saturated carbocycles. The molecule has 0 bridgehead atoms. The van der Waals surface area contributed by atoms with E-state index in [0.29, 0.717) is 0 Å². The van der Waals surface area contributed by atoms with Gasteiger partial charge in [-0.25, -0.2) is 8.78 Å². The van der Waals surface area contributed by atoms with Crippen molar-refractivity contribution in [3.8, 4) is 0 Å². The summed E-state index contributed by atoms with van der Waals surface area (Å²) in [5.74, 6) is -1.68. The summed E-state index contributed by atoms with van der Waals surface area (Å²) in [5.41, 5.74) is -5.70. The monoisotopic (exact) mass is 271 g/mol. The van der Waals surface area contributed by atoms with Crippen LogP contribution in [0, 0.1) is 0 Å². The molecule has 9 heteroatoms. The van der Waals surface area contributed by atoms with Crippen molar-refractivity contribution in [2.75, 3.05) is 0 Å². The highest BCUT2D eigenvalue weighted by atomic mass is 19.4. The number of carboxylic acids is 1. The van der Waals surface area contributed by atoms with Gasteiger partial charge in [-0.05, 0) is 0 Å². The normalized spacial score (nSPS) is 11.9. The third-order valence-electron chi connectivity index (χ3n) is 2.09. The Labute approximate surface area is 96.1 Å². The molecule has 0 aliphatic rings. The first-order valence-corrected chi connectivity index (χ1v) is 4.46. The number of carbonyl (C=O) groups is 1. The predicted octanol–water partition coefficient (Wildman–Crippen LogP) is 1.96. The first-order valence-electron chi connectivity index (χ1n) is 4.46. The standard InChI is InChI=1S/C9H6F5NO3/c10-7(11)6-3(1-5(16)17)8(18)15-2-4(6)9(12,13)14/h2,7H,1H2,(H,15,18)(H,16,17). The smallest absolute Gasteiger partial charge is 0.418 e. The number of rotatable bonds is 3. The Morgan fingerprint density at radius 3 is 2.33 bits per heavy atom. The van der Waals surface area contributed by atoms with Crippen molar-refractivity contribution in [3.05, 3.63) is 33.2 Å². The number of aliphatic carboxylic acids is 1. The number of halogens is 5. The SMILES string of the molecule is O=C(O)Cc1c(C(F)F)c(C(F)(F)F)c[nH]c1=O. The second kappa shape index (κ2) is 4.75. The number of H-pyrrole nitrogens is 1. The third kappa shape index (κ3) is 2.84. The van der Waals surface area contributed by atoms with Gasteiger partial charge in [-0.3, -0.25) is 9.59 Å². The van der Waals surface area contributed by atoms with Gasteiger partial charge in [0.15, 0.2) is 0 Å². The zero-order valence-corrected chi connectivity index (χ0v) is 8.52. The highest BCUT2D eigenvalue weighted by Gasteiger charge is 2.38. The molecule has 1 heterocycles. The molecule has 1 aromatic heterocycles. The molecule has 18 heavy (non-hydrogen) atoms. The molecule has 0 fully saturated rings. The van der Waals surface area contributed by atoms with Crippen LogP contribution in [0.1, 0.15) is 23.1 Å². The van der Waals surface area contributed by atoms with E-state index in [1.54, 1.807) is 4.98 Å². The highest BCUT2D eigenvalue weighted by molar-refractivity contribution is 5.70. The van der Waals surface area contributed by atoms with Crippen molar-refractivity contribution in [1.82, 2.24) is 4.98 Å². The van der Waals surface area contributed by atoms with Gasteiger partial charge in [0.2, 0.25) is 0 Å². The van der Waals surface area contributed by atoms with E-state index in [4.69, 9.17) is 5.11 Å². The molecule has 100 valence electrons. The Morgan fingerprint density at radius 1 is 1.39 bits per heavy atom. The summed E-state index contributed by atoms with van der Waals surface area (Å²) in [5, 5.41) is 8.41. The molecule has 0 radical (unpaired) electrons. The van der Waals surface area contributed by atoms with E-state index in [0.717, 1.165) is 0 Å². The molecular formula is C9H6F5NO3. The maximum Gasteiger partial charge on any atom is 0.418 e. The van der Waals surface area contributed by atoms with Gasteiger partial charge in [0.1, 0.15) is 0 Å². The molecule has 4 nitrogen and oxygen atoms in total. The van der Waals surface area contributed by atoms with Crippen LogP contribution in [-0.2, 0) is 17.4 Å². The number of carboxylic acid groups (broad SMARTS) is 1. The fourth-order valence-electron chi connectivity index (χ4n) is 1.40. The van der Waals surface area contributed by atoms with Gasteiger partial charge in [0, 0.05) is 17.3 Å². The summed E-state index contributed by atoms with van der Waals surface area (Å²) >= 11 is 0. The van der Waals surface area contributed by atoms with Gasteiger partial charge in [0.05, 0.1) is 12.0 Å². The van der Waals surface area contributed by atoms with Crippen LogP contribution in [-0.4, -0.2) is 16.1 Å². The van der Waals surface area contributed by atoms with E-state index in [9.17, 15) is 31.5 Å². The molecule has 0 saturated heterocycles. The summed E-state index contributed by atoms with van der Waals surface area (Å²) in [6, 6.07) is 0. The Balaban J connectivity index is 3.58. The Hall–Kier alpha value is -1.93. The second-order valence-electron chi connectivity index (χ2n) is 3.29. The minimum absolute atomic E-state index is 0.106. The third-order valence-corrected chi connectivity index (χ3v) is 2.09. The summed E-state index contributed by atoms with van der Waals surface area (Å²) in [6.45, 7) is 0. The molecule has 0 atom stereocenters. The molecule has 0 amide bonds. The van der Waals surface area contributed by atoms with E-state index >= 15 is 0 Å². The number of aromatic nitrogens is 1. The first kappa shape index (κ1) is 14.1. The van der Waals surface area contributed by atoms with Crippen molar-refractivity contribution >= 4 is 5.97 Å². The zero-order valence-electron chi connectivity index (χ0n) is 8.52. The number of hydrogen-bond acceptors (Lipinski definition) is 2. The van der Waals surface area contributed by atoms with Crippen molar-refractivity contribution in [2.45, 2.75) is 19.0 Å². The lowest BCUT2D eigenvalue weighted by Gasteiger charge is -2.14. The van der Waals surface area contributed by atoms with E-state index in [1.807, 2.05) is 0 Å². The van der Waals surface area contributed by atoms with Crippen LogP contribution in [0.25, 0.3) is 0 Å². The number of alkyl halides is 5. The lowest BCUT2D eigenvalue weighted by molar-refractivity contribution is -0.140. The van der Waals surface area contributed by atoms with Crippen LogP contribution >= 0.6 is 0 Å². The van der Waals surface area contributed by atoms with Crippen LogP contribution in [0.2, 0.25) is 0 Å². The lowest BCUT2D eigenvalue weighted by Crippen LogP contribution is -2.23. The van der Waals surface area contributed by atoms with Crippen LogP contribution in [0.5, 0.6) is 0 Å². The average molecular weight is 271 g/mol. The summed E-state index contributed by atoms with van der Waals surface area (Å²) < 4.78 is 62.6. The zero-order chi connectivity index (χ0) is 14.1. The van der Waals surface area contributed by atoms with Gasteiger partial charge in [-0.1, -0.05) is 0 Å². The quantitative estimate of drug-likeness (QED) is 0.825. The van der Waals surface area contributed by atoms with Gasteiger partial charge in [0.25, 0.3) is 12.0 Å². The fourth-order valence-corrected chi connectivity index (χ4v) is 1.40. The van der Waals surface area contributed by atoms with E-state index < -0.39 is 47.2 Å². The second-order valence-corrected chi connectivity index (χ2v) is 3.29. The van der Waals surface area contributed by atoms with E-state index in [-0.39, 0.29) is 6.20 Å². The first-order chi connectivity index (χ1) is 8.14. The molecule has 0 aromatic carbocycles. The Kier molecular flexibility index (Phi) is 3.73. The molecular weight excluding hydrogens is 265 g/mol. The van der Waals surface area contributed by atoms with Gasteiger partial charge < -0.3 is 10.1 Å². The van der Waals surface area contributed by atoms with Crippen LogP contribution in [0.3, 0.4) is 0 Å². The number of nitrogens with one attached hydrogen (secondary N) is 1. The van der Waals surface area contributed by atoms with E-state index in [2.05, 4.69) is 0 Å². The molecule has 2 N–H and O–H groups in total.